The van der Waals surface area contributed by atoms with Crippen LogP contribution in [0, 0.1) is 0 Å². The summed E-state index contributed by atoms with van der Waals surface area (Å²) < 4.78 is 5.97. The SMILES string of the molecule is COCCNC(=O)NC[C@H](O)c1csc2ccccc12. The second-order valence-corrected chi connectivity index (χ2v) is 5.24. The molecule has 0 aliphatic carbocycles. The highest BCUT2D eigenvalue weighted by molar-refractivity contribution is 7.17. The summed E-state index contributed by atoms with van der Waals surface area (Å²) in [5.74, 6) is 0. The van der Waals surface area contributed by atoms with E-state index in [1.165, 1.54) is 0 Å². The number of carbonyl (C=O) groups is 1. The zero-order valence-electron chi connectivity index (χ0n) is 11.3. The molecule has 108 valence electrons. The Morgan fingerprint density at radius 2 is 2.20 bits per heavy atom. The Bertz CT molecular complexity index is 570. The monoisotopic (exact) mass is 294 g/mol. The Labute approximate surface area is 121 Å². The number of hydrogen-bond acceptors (Lipinski definition) is 4. The van der Waals surface area contributed by atoms with Crippen molar-refractivity contribution < 1.29 is 14.6 Å². The highest BCUT2D eigenvalue weighted by Crippen LogP contribution is 2.29. The molecular weight excluding hydrogens is 276 g/mol. The van der Waals surface area contributed by atoms with E-state index in [1.54, 1.807) is 18.4 Å². The summed E-state index contributed by atoms with van der Waals surface area (Å²) in [6.07, 6.45) is -0.709. The fourth-order valence-corrected chi connectivity index (χ4v) is 2.89. The largest absolute Gasteiger partial charge is 0.387 e. The zero-order valence-corrected chi connectivity index (χ0v) is 12.1. The van der Waals surface area contributed by atoms with Gasteiger partial charge >= 0.3 is 6.03 Å². The summed E-state index contributed by atoms with van der Waals surface area (Å²) in [5.41, 5.74) is 0.850. The van der Waals surface area contributed by atoms with E-state index in [0.717, 1.165) is 15.6 Å². The Balaban J connectivity index is 1.88. The molecule has 2 rings (SSSR count). The van der Waals surface area contributed by atoms with Crippen molar-refractivity contribution >= 4 is 27.5 Å². The predicted molar refractivity (Wildman–Crippen MR) is 80.1 cm³/mol. The van der Waals surface area contributed by atoms with Gasteiger partial charge in [-0.25, -0.2) is 4.79 Å². The summed E-state index contributed by atoms with van der Waals surface area (Å²) in [6, 6.07) is 7.59. The van der Waals surface area contributed by atoms with Crippen LogP contribution in [0.2, 0.25) is 0 Å². The molecule has 2 aromatic rings. The lowest BCUT2D eigenvalue weighted by atomic mass is 10.1. The van der Waals surface area contributed by atoms with Crippen molar-refractivity contribution in [2.24, 2.45) is 0 Å². The van der Waals surface area contributed by atoms with Gasteiger partial charge in [0.2, 0.25) is 0 Å². The summed E-state index contributed by atoms with van der Waals surface area (Å²) in [6.45, 7) is 1.09. The van der Waals surface area contributed by atoms with E-state index in [4.69, 9.17) is 4.74 Å². The van der Waals surface area contributed by atoms with Gasteiger partial charge in [0.1, 0.15) is 0 Å². The lowest BCUT2D eigenvalue weighted by Crippen LogP contribution is -2.39. The first-order chi connectivity index (χ1) is 9.72. The third-order valence-electron chi connectivity index (χ3n) is 2.92. The van der Waals surface area contributed by atoms with Crippen LogP contribution in [0.4, 0.5) is 4.79 Å². The number of benzene rings is 1. The normalized spacial score (nSPS) is 12.3. The van der Waals surface area contributed by atoms with Crippen molar-refractivity contribution in [1.82, 2.24) is 10.6 Å². The van der Waals surface area contributed by atoms with Crippen LogP contribution in [-0.4, -0.2) is 37.9 Å². The molecule has 5 nitrogen and oxygen atoms in total. The van der Waals surface area contributed by atoms with Crippen LogP contribution in [0.25, 0.3) is 10.1 Å². The Morgan fingerprint density at radius 1 is 1.40 bits per heavy atom. The van der Waals surface area contributed by atoms with Crippen LogP contribution in [-0.2, 0) is 4.74 Å². The van der Waals surface area contributed by atoms with Gasteiger partial charge in [0.15, 0.2) is 0 Å². The number of ether oxygens (including phenoxy) is 1. The molecule has 2 amide bonds. The topological polar surface area (TPSA) is 70.6 Å². The smallest absolute Gasteiger partial charge is 0.314 e. The summed E-state index contributed by atoms with van der Waals surface area (Å²) in [5, 5.41) is 18.4. The molecule has 0 fully saturated rings. The number of aliphatic hydroxyl groups is 1. The van der Waals surface area contributed by atoms with Crippen LogP contribution in [0.3, 0.4) is 0 Å². The van der Waals surface area contributed by atoms with E-state index >= 15 is 0 Å². The molecule has 0 aliphatic rings. The van der Waals surface area contributed by atoms with Gasteiger partial charge in [0.25, 0.3) is 0 Å². The number of nitrogens with one attached hydrogen (secondary N) is 2. The molecule has 0 spiro atoms. The third-order valence-corrected chi connectivity index (χ3v) is 3.90. The quantitative estimate of drug-likeness (QED) is 0.712. The molecule has 20 heavy (non-hydrogen) atoms. The van der Waals surface area contributed by atoms with Gasteiger partial charge in [0, 0.05) is 30.5 Å². The van der Waals surface area contributed by atoms with Crippen molar-refractivity contribution in [1.29, 1.82) is 0 Å². The number of urea groups is 1. The summed E-state index contributed by atoms with van der Waals surface area (Å²) in [7, 11) is 1.57. The van der Waals surface area contributed by atoms with Gasteiger partial charge in [-0.15, -0.1) is 11.3 Å². The second-order valence-electron chi connectivity index (χ2n) is 4.33. The number of methoxy groups -OCH3 is 1. The van der Waals surface area contributed by atoms with E-state index in [2.05, 4.69) is 10.6 Å². The molecule has 0 aliphatic heterocycles. The number of rotatable bonds is 6. The van der Waals surface area contributed by atoms with Gasteiger partial charge in [-0.3, -0.25) is 0 Å². The number of aliphatic hydroxyl groups excluding tert-OH is 1. The van der Waals surface area contributed by atoms with Crippen LogP contribution < -0.4 is 10.6 Å². The van der Waals surface area contributed by atoms with E-state index in [-0.39, 0.29) is 12.6 Å². The standard InChI is InChI=1S/C14H18N2O3S/c1-19-7-6-15-14(18)16-8-12(17)11-9-20-13-5-3-2-4-10(11)13/h2-5,9,12,17H,6-8H2,1H3,(H2,15,16,18)/t12-/m0/s1. The Morgan fingerprint density at radius 3 is 3.00 bits per heavy atom. The van der Waals surface area contributed by atoms with E-state index < -0.39 is 6.10 Å². The fraction of sp³-hybridized carbons (Fsp3) is 0.357. The Kier molecular flexibility index (Phi) is 5.34. The maximum atomic E-state index is 11.5. The van der Waals surface area contributed by atoms with Crippen LogP contribution in [0.5, 0.6) is 0 Å². The number of hydrogen-bond donors (Lipinski definition) is 3. The fourth-order valence-electron chi connectivity index (χ4n) is 1.88. The molecule has 1 heterocycles. The first kappa shape index (κ1) is 14.8. The van der Waals surface area contributed by atoms with E-state index in [0.29, 0.717) is 13.2 Å². The molecule has 1 atom stereocenters. The van der Waals surface area contributed by atoms with Crippen LogP contribution in [0.1, 0.15) is 11.7 Å². The number of thiophene rings is 1. The minimum Gasteiger partial charge on any atom is -0.387 e. The van der Waals surface area contributed by atoms with Crippen molar-refractivity contribution in [3.63, 3.8) is 0 Å². The van der Waals surface area contributed by atoms with Gasteiger partial charge in [0.05, 0.1) is 12.7 Å². The number of fused-ring (bicyclic) bond motifs is 1. The minimum atomic E-state index is -0.709. The molecule has 0 saturated carbocycles. The highest BCUT2D eigenvalue weighted by Gasteiger charge is 2.13. The van der Waals surface area contributed by atoms with Gasteiger partial charge in [-0.1, -0.05) is 18.2 Å². The Hall–Kier alpha value is -1.63. The number of amides is 2. The van der Waals surface area contributed by atoms with Crippen molar-refractivity contribution in [2.45, 2.75) is 6.10 Å². The maximum Gasteiger partial charge on any atom is 0.314 e. The first-order valence-corrected chi connectivity index (χ1v) is 7.25. The lowest BCUT2D eigenvalue weighted by molar-refractivity contribution is 0.172. The molecule has 1 aromatic carbocycles. The lowest BCUT2D eigenvalue weighted by Gasteiger charge is -2.12. The molecule has 0 saturated heterocycles. The molecule has 3 N–H and O–H groups in total. The minimum absolute atomic E-state index is 0.180. The average molecular weight is 294 g/mol. The number of carbonyl (C=O) groups excluding carboxylic acids is 1. The van der Waals surface area contributed by atoms with Gasteiger partial charge in [-0.2, -0.15) is 0 Å². The van der Waals surface area contributed by atoms with Gasteiger partial charge in [-0.05, 0) is 16.8 Å². The highest BCUT2D eigenvalue weighted by atomic mass is 32.1. The molecular formula is C14H18N2O3S. The second kappa shape index (κ2) is 7.23. The van der Waals surface area contributed by atoms with Gasteiger partial charge < -0.3 is 20.5 Å². The molecule has 0 unspecified atom stereocenters. The van der Waals surface area contributed by atoms with Crippen LogP contribution >= 0.6 is 11.3 Å². The maximum absolute atomic E-state index is 11.5. The zero-order chi connectivity index (χ0) is 14.4. The summed E-state index contributed by atoms with van der Waals surface area (Å²) >= 11 is 1.59. The molecule has 1 aromatic heterocycles. The third kappa shape index (κ3) is 3.69. The molecule has 0 radical (unpaired) electrons. The van der Waals surface area contributed by atoms with Crippen molar-refractivity contribution in [2.75, 3.05) is 26.8 Å². The molecule has 0 bridgehead atoms. The van der Waals surface area contributed by atoms with E-state index in [1.807, 2.05) is 29.6 Å². The van der Waals surface area contributed by atoms with E-state index in [9.17, 15) is 9.90 Å². The molecule has 6 heteroatoms. The van der Waals surface area contributed by atoms with Crippen LogP contribution in [0.15, 0.2) is 29.6 Å². The summed E-state index contributed by atoms with van der Waals surface area (Å²) in [4.78, 5) is 11.5. The van der Waals surface area contributed by atoms with Crippen molar-refractivity contribution in [3.05, 3.63) is 35.2 Å². The first-order valence-electron chi connectivity index (χ1n) is 6.37. The predicted octanol–water partition coefficient (Wildman–Crippen LogP) is 1.88. The van der Waals surface area contributed by atoms with Crippen molar-refractivity contribution in [3.8, 4) is 0 Å². The average Bonchev–Trinajstić information content (AvgIpc) is 2.89.